The van der Waals surface area contributed by atoms with Crippen molar-refractivity contribution < 1.29 is 0 Å². The second-order valence-electron chi connectivity index (χ2n) is 7.24. The van der Waals surface area contributed by atoms with Crippen LogP contribution in [-0.2, 0) is 0 Å². The van der Waals surface area contributed by atoms with Crippen LogP contribution in [0.15, 0.2) is 30.5 Å². The van der Waals surface area contributed by atoms with Gasteiger partial charge in [-0.3, -0.25) is 4.98 Å². The zero-order valence-corrected chi connectivity index (χ0v) is 14.9. The molecule has 0 aliphatic carbocycles. The molecule has 2 fully saturated rings. The molecule has 2 saturated heterocycles. The van der Waals surface area contributed by atoms with Crippen LogP contribution in [0.1, 0.15) is 38.5 Å². The largest absolute Gasteiger partial charge is 0.384 e. The van der Waals surface area contributed by atoms with Crippen molar-refractivity contribution in [2.75, 3.05) is 25.0 Å². The highest BCUT2D eigenvalue weighted by atomic mass is 35.5. The molecule has 2 aliphatic heterocycles. The number of nitrogens with zero attached hydrogens (tertiary/aromatic N) is 2. The Hall–Kier alpha value is -1.32. The minimum atomic E-state index is 0.742. The van der Waals surface area contributed by atoms with Crippen molar-refractivity contribution in [2.24, 2.45) is 5.92 Å². The summed E-state index contributed by atoms with van der Waals surface area (Å²) in [5.74, 6) is 0.856. The second-order valence-corrected chi connectivity index (χ2v) is 7.67. The molecule has 1 aromatic heterocycles. The molecular weight excluding hydrogens is 318 g/mol. The monoisotopic (exact) mass is 343 g/mol. The fourth-order valence-electron chi connectivity index (χ4n) is 4.58. The Labute approximate surface area is 149 Å². The lowest BCUT2D eigenvalue weighted by atomic mass is 9.81. The number of rotatable bonds is 4. The first kappa shape index (κ1) is 16.2. The van der Waals surface area contributed by atoms with E-state index in [1.807, 2.05) is 18.3 Å². The summed E-state index contributed by atoms with van der Waals surface area (Å²) in [6.07, 6.45) is 10.1. The average molecular weight is 344 g/mol. The van der Waals surface area contributed by atoms with E-state index in [1.165, 1.54) is 57.3 Å². The van der Waals surface area contributed by atoms with Crippen molar-refractivity contribution in [1.82, 2.24) is 9.88 Å². The lowest BCUT2D eigenvalue weighted by Crippen LogP contribution is -2.48. The first-order valence-electron chi connectivity index (χ1n) is 9.33. The number of hydrogen-bond acceptors (Lipinski definition) is 3. The van der Waals surface area contributed by atoms with E-state index in [0.717, 1.165) is 34.4 Å². The van der Waals surface area contributed by atoms with Crippen LogP contribution in [0.25, 0.3) is 10.9 Å². The number of halogens is 1. The molecule has 3 heterocycles. The molecule has 4 heteroatoms. The molecule has 2 aliphatic rings. The highest BCUT2D eigenvalue weighted by molar-refractivity contribution is 6.31. The van der Waals surface area contributed by atoms with Gasteiger partial charge in [-0.15, -0.1) is 0 Å². The molecule has 2 aromatic rings. The van der Waals surface area contributed by atoms with Crippen molar-refractivity contribution in [3.63, 3.8) is 0 Å². The van der Waals surface area contributed by atoms with E-state index in [4.69, 9.17) is 11.6 Å². The summed E-state index contributed by atoms with van der Waals surface area (Å²) in [6, 6.07) is 8.85. The molecule has 0 spiro atoms. The third kappa shape index (κ3) is 3.38. The fraction of sp³-hybridized carbons (Fsp3) is 0.550. The molecule has 0 amide bonds. The zero-order chi connectivity index (χ0) is 16.4. The first-order chi connectivity index (χ1) is 11.8. The highest BCUT2D eigenvalue weighted by Gasteiger charge is 2.32. The Kier molecular flexibility index (Phi) is 4.91. The summed E-state index contributed by atoms with van der Waals surface area (Å²) in [4.78, 5) is 7.17. The van der Waals surface area contributed by atoms with Gasteiger partial charge in [0, 0.05) is 34.9 Å². The Morgan fingerprint density at radius 1 is 1.12 bits per heavy atom. The molecule has 0 bridgehead atoms. The van der Waals surface area contributed by atoms with Gasteiger partial charge in [-0.25, -0.2) is 0 Å². The van der Waals surface area contributed by atoms with Gasteiger partial charge in [-0.2, -0.15) is 0 Å². The Morgan fingerprint density at radius 2 is 2.04 bits per heavy atom. The number of piperidine rings is 2. The van der Waals surface area contributed by atoms with Gasteiger partial charge >= 0.3 is 0 Å². The van der Waals surface area contributed by atoms with Gasteiger partial charge < -0.3 is 10.2 Å². The van der Waals surface area contributed by atoms with Gasteiger partial charge in [0.2, 0.25) is 0 Å². The highest BCUT2D eigenvalue weighted by Crippen LogP contribution is 2.33. The van der Waals surface area contributed by atoms with Crippen LogP contribution in [0.5, 0.6) is 0 Å². The van der Waals surface area contributed by atoms with Crippen LogP contribution in [0, 0.1) is 5.92 Å². The average Bonchev–Trinajstić information content (AvgIpc) is 2.62. The van der Waals surface area contributed by atoms with Crippen LogP contribution < -0.4 is 5.32 Å². The van der Waals surface area contributed by atoms with Gasteiger partial charge in [-0.1, -0.05) is 18.0 Å². The standard InChI is InChI=1S/C20H26ClN3/c21-16-6-7-17-18(9-11-23-19(17)14-16)22-10-8-15-4-3-13-24-12-2-1-5-20(15)24/h6-7,9,11,14-15,20H,1-5,8,10,12-13H2,(H,22,23)/t15-,20+/m0/s1. The summed E-state index contributed by atoms with van der Waals surface area (Å²) in [7, 11) is 0. The Morgan fingerprint density at radius 3 is 3.00 bits per heavy atom. The number of benzene rings is 1. The lowest BCUT2D eigenvalue weighted by Gasteiger charge is -2.44. The van der Waals surface area contributed by atoms with E-state index in [1.54, 1.807) is 0 Å². The van der Waals surface area contributed by atoms with Crippen LogP contribution in [0.3, 0.4) is 0 Å². The molecule has 0 unspecified atom stereocenters. The summed E-state index contributed by atoms with van der Waals surface area (Å²) in [6.45, 7) is 3.69. The maximum absolute atomic E-state index is 6.08. The van der Waals surface area contributed by atoms with Gasteiger partial charge in [0.1, 0.15) is 0 Å². The van der Waals surface area contributed by atoms with E-state index < -0.39 is 0 Å². The van der Waals surface area contributed by atoms with Crippen LogP contribution in [0.4, 0.5) is 5.69 Å². The zero-order valence-electron chi connectivity index (χ0n) is 14.2. The maximum atomic E-state index is 6.08. The quantitative estimate of drug-likeness (QED) is 0.850. The topological polar surface area (TPSA) is 28.2 Å². The lowest BCUT2D eigenvalue weighted by molar-refractivity contribution is 0.0573. The minimum absolute atomic E-state index is 0.742. The van der Waals surface area contributed by atoms with Crippen molar-refractivity contribution in [3.05, 3.63) is 35.5 Å². The van der Waals surface area contributed by atoms with Crippen LogP contribution in [0.2, 0.25) is 5.02 Å². The van der Waals surface area contributed by atoms with Crippen molar-refractivity contribution in [2.45, 2.75) is 44.6 Å². The van der Waals surface area contributed by atoms with Crippen molar-refractivity contribution in [3.8, 4) is 0 Å². The van der Waals surface area contributed by atoms with E-state index in [2.05, 4.69) is 27.3 Å². The SMILES string of the molecule is Clc1ccc2c(NCC[C@@H]3CCCN4CCCC[C@H]34)ccnc2c1. The van der Waals surface area contributed by atoms with E-state index in [9.17, 15) is 0 Å². The van der Waals surface area contributed by atoms with Crippen molar-refractivity contribution >= 4 is 28.2 Å². The molecule has 3 nitrogen and oxygen atoms in total. The Balaban J connectivity index is 1.40. The predicted molar refractivity (Wildman–Crippen MR) is 102 cm³/mol. The number of pyridine rings is 1. The van der Waals surface area contributed by atoms with Gasteiger partial charge in [0.05, 0.1) is 5.52 Å². The summed E-state index contributed by atoms with van der Waals surface area (Å²) in [5.41, 5.74) is 2.14. The second kappa shape index (κ2) is 7.28. The number of aromatic nitrogens is 1. The van der Waals surface area contributed by atoms with Crippen LogP contribution in [-0.4, -0.2) is 35.6 Å². The smallest absolute Gasteiger partial charge is 0.0737 e. The predicted octanol–water partition coefficient (Wildman–Crippen LogP) is 4.95. The van der Waals surface area contributed by atoms with Gasteiger partial charge in [0.25, 0.3) is 0 Å². The molecule has 24 heavy (non-hydrogen) atoms. The van der Waals surface area contributed by atoms with Crippen molar-refractivity contribution in [1.29, 1.82) is 0 Å². The van der Waals surface area contributed by atoms with Gasteiger partial charge in [0.15, 0.2) is 0 Å². The minimum Gasteiger partial charge on any atom is -0.384 e. The van der Waals surface area contributed by atoms with Gasteiger partial charge in [-0.05, 0) is 75.4 Å². The molecular formula is C20H26ClN3. The molecule has 0 radical (unpaired) electrons. The molecule has 128 valence electrons. The van der Waals surface area contributed by atoms with E-state index in [-0.39, 0.29) is 0 Å². The molecule has 4 rings (SSSR count). The normalized spacial score (nSPS) is 24.7. The third-order valence-electron chi connectivity index (χ3n) is 5.76. The summed E-state index contributed by atoms with van der Waals surface area (Å²) in [5, 5.41) is 5.55. The summed E-state index contributed by atoms with van der Waals surface area (Å²) < 4.78 is 0. The van der Waals surface area contributed by atoms with E-state index in [0.29, 0.717) is 0 Å². The van der Waals surface area contributed by atoms with Crippen LogP contribution >= 0.6 is 11.6 Å². The van der Waals surface area contributed by atoms with E-state index >= 15 is 0 Å². The number of fused-ring (bicyclic) bond motifs is 2. The fourth-order valence-corrected chi connectivity index (χ4v) is 4.75. The first-order valence-corrected chi connectivity index (χ1v) is 9.71. The maximum Gasteiger partial charge on any atom is 0.0737 e. The third-order valence-corrected chi connectivity index (χ3v) is 6.00. The number of anilines is 1. The molecule has 1 N–H and O–H groups in total. The molecule has 1 aromatic carbocycles. The molecule has 0 saturated carbocycles. The molecule has 2 atom stereocenters. The number of nitrogens with one attached hydrogen (secondary N) is 1. The number of hydrogen-bond donors (Lipinski definition) is 1. The Bertz CT molecular complexity index is 700. The summed E-state index contributed by atoms with van der Waals surface area (Å²) >= 11 is 6.08.